The molecule has 0 aromatic heterocycles. The maximum atomic E-state index is 12.6. The Kier molecular flexibility index (Phi) is 10.6. The number of rotatable bonds is 10. The predicted molar refractivity (Wildman–Crippen MR) is 165 cm³/mol. The minimum Gasteiger partial charge on any atom is -0.495 e. The van der Waals surface area contributed by atoms with Crippen molar-refractivity contribution >= 4 is 87.0 Å². The largest absolute Gasteiger partial charge is 0.495 e. The molecule has 42 heavy (non-hydrogen) atoms. The lowest BCUT2D eigenvalue weighted by atomic mass is 9.87. The molecule has 2 spiro atoms. The van der Waals surface area contributed by atoms with Gasteiger partial charge in [0.25, 0.3) is 11.8 Å². The standard InChI is InChI=1S/C25H28Br4N4O9/c1-39-18-12(26)7-24(20(35)16(18)28)9-14(32-41-24)22(37)30-5-3-11(34)4-6-31-23(38)15-10-25(42-33-15)8-13(27)19(40-2)17(29)21(25)36/h7-8,11,20-21,34-36H,3-6,9-10H2,1-2H3,(H,30,37)(H,31,38). The van der Waals surface area contributed by atoms with Gasteiger partial charge in [0.15, 0.2) is 11.2 Å². The molecule has 2 amide bonds. The van der Waals surface area contributed by atoms with Gasteiger partial charge >= 0.3 is 0 Å². The van der Waals surface area contributed by atoms with E-state index in [0.29, 0.717) is 29.4 Å². The molecular weight excluding hydrogens is 820 g/mol. The monoisotopic (exact) mass is 844 g/mol. The van der Waals surface area contributed by atoms with Gasteiger partial charge in [-0.2, -0.15) is 0 Å². The number of methoxy groups -OCH3 is 2. The lowest BCUT2D eigenvalue weighted by molar-refractivity contribution is -0.115. The van der Waals surface area contributed by atoms with Crippen LogP contribution in [0.5, 0.6) is 0 Å². The maximum absolute atomic E-state index is 12.6. The molecule has 4 aliphatic rings. The molecule has 230 valence electrons. The molecule has 2 heterocycles. The SMILES string of the molecule is COC1=C(Br)C(O)C2(C=C1Br)CC(C(=O)NCCC(O)CCNC(=O)C1=NOC3(C=C(Br)C(OC)=C(Br)C3O)C1)=NO2. The fourth-order valence-electron chi connectivity index (χ4n) is 4.69. The molecule has 2 aliphatic carbocycles. The van der Waals surface area contributed by atoms with Gasteiger partial charge in [-0.3, -0.25) is 9.59 Å². The Hall–Kier alpha value is -1.76. The number of carbonyl (C=O) groups excluding carboxylic acids is 2. The van der Waals surface area contributed by atoms with Crippen molar-refractivity contribution in [2.75, 3.05) is 27.3 Å². The first-order chi connectivity index (χ1) is 19.9. The van der Waals surface area contributed by atoms with E-state index in [9.17, 15) is 24.9 Å². The summed E-state index contributed by atoms with van der Waals surface area (Å²) in [4.78, 5) is 36.2. The van der Waals surface area contributed by atoms with Gasteiger partial charge in [0.2, 0.25) is 0 Å². The fraction of sp³-hybridized carbons (Fsp3) is 0.520. The Morgan fingerprint density at radius 3 is 1.62 bits per heavy atom. The van der Waals surface area contributed by atoms with Gasteiger partial charge in [0.1, 0.15) is 35.1 Å². The highest BCUT2D eigenvalue weighted by Crippen LogP contribution is 2.45. The first-order valence-corrected chi connectivity index (χ1v) is 15.8. The zero-order valence-electron chi connectivity index (χ0n) is 22.3. The maximum Gasteiger partial charge on any atom is 0.269 e. The quantitative estimate of drug-likeness (QED) is 0.221. The van der Waals surface area contributed by atoms with E-state index >= 15 is 0 Å². The van der Waals surface area contributed by atoms with Crippen LogP contribution in [0.3, 0.4) is 0 Å². The number of hydrogen-bond acceptors (Lipinski definition) is 11. The number of allylic oxidation sites excluding steroid dienone is 2. The number of ether oxygens (including phenoxy) is 2. The topological polar surface area (TPSA) is 181 Å². The molecular formula is C25H28Br4N4O9. The van der Waals surface area contributed by atoms with E-state index in [4.69, 9.17) is 19.1 Å². The summed E-state index contributed by atoms with van der Waals surface area (Å²) in [6.45, 7) is 0.293. The zero-order valence-corrected chi connectivity index (χ0v) is 28.7. The normalized spacial score (nSPS) is 29.4. The van der Waals surface area contributed by atoms with Crippen LogP contribution in [0, 0.1) is 0 Å². The molecule has 0 aromatic rings. The summed E-state index contributed by atoms with van der Waals surface area (Å²) in [6, 6.07) is 0. The van der Waals surface area contributed by atoms with Crippen molar-refractivity contribution in [3.8, 4) is 0 Å². The first-order valence-electron chi connectivity index (χ1n) is 12.6. The lowest BCUT2D eigenvalue weighted by Gasteiger charge is -2.33. The van der Waals surface area contributed by atoms with Crippen LogP contribution in [-0.4, -0.2) is 95.4 Å². The summed E-state index contributed by atoms with van der Waals surface area (Å²) in [7, 11) is 2.93. The van der Waals surface area contributed by atoms with Crippen molar-refractivity contribution in [2.45, 2.75) is 55.2 Å². The van der Waals surface area contributed by atoms with Crippen molar-refractivity contribution in [2.24, 2.45) is 10.3 Å². The summed E-state index contributed by atoms with van der Waals surface area (Å²) in [5.41, 5.74) is -2.34. The Morgan fingerprint density at radius 1 is 0.881 bits per heavy atom. The molecule has 17 heteroatoms. The second kappa shape index (κ2) is 13.5. The summed E-state index contributed by atoms with van der Waals surface area (Å²) >= 11 is 13.4. The van der Waals surface area contributed by atoms with Crippen molar-refractivity contribution in [1.82, 2.24) is 10.6 Å². The molecule has 0 radical (unpaired) electrons. The zero-order chi connectivity index (χ0) is 30.8. The highest BCUT2D eigenvalue weighted by atomic mass is 79.9. The molecule has 4 rings (SSSR count). The molecule has 0 saturated carbocycles. The average Bonchev–Trinajstić information content (AvgIpc) is 3.57. The number of carbonyl (C=O) groups is 2. The van der Waals surface area contributed by atoms with Gasteiger partial charge in [0, 0.05) is 25.9 Å². The number of aliphatic hydroxyl groups is 3. The molecule has 2 aliphatic heterocycles. The smallest absolute Gasteiger partial charge is 0.269 e. The van der Waals surface area contributed by atoms with Gasteiger partial charge in [0.05, 0.1) is 38.3 Å². The molecule has 0 bridgehead atoms. The number of amides is 2. The third-order valence-corrected chi connectivity index (χ3v) is 9.78. The second-order valence-corrected chi connectivity index (χ2v) is 13.2. The van der Waals surface area contributed by atoms with Crippen LogP contribution in [0.4, 0.5) is 0 Å². The van der Waals surface area contributed by atoms with Gasteiger partial charge in [-0.25, -0.2) is 0 Å². The average molecular weight is 848 g/mol. The minimum atomic E-state index is -1.26. The number of nitrogens with one attached hydrogen (secondary N) is 2. The number of oxime groups is 2. The molecule has 0 saturated heterocycles. The molecule has 4 unspecified atom stereocenters. The fourth-order valence-corrected chi connectivity index (χ4v) is 8.27. The van der Waals surface area contributed by atoms with Crippen LogP contribution >= 0.6 is 63.7 Å². The number of halogens is 4. The highest BCUT2D eigenvalue weighted by molar-refractivity contribution is 9.12. The third kappa shape index (κ3) is 6.51. The van der Waals surface area contributed by atoms with Crippen LogP contribution in [0.1, 0.15) is 25.7 Å². The van der Waals surface area contributed by atoms with Crippen molar-refractivity contribution < 1.29 is 44.1 Å². The van der Waals surface area contributed by atoms with Crippen LogP contribution < -0.4 is 10.6 Å². The van der Waals surface area contributed by atoms with E-state index < -0.39 is 41.3 Å². The third-order valence-electron chi connectivity index (χ3n) is 7.01. The van der Waals surface area contributed by atoms with E-state index in [1.54, 1.807) is 12.2 Å². The predicted octanol–water partition coefficient (Wildman–Crippen LogP) is 2.20. The van der Waals surface area contributed by atoms with Crippen LogP contribution in [0.25, 0.3) is 0 Å². The first kappa shape index (κ1) is 33.1. The van der Waals surface area contributed by atoms with E-state index in [1.165, 1.54) is 14.2 Å². The minimum absolute atomic E-state index is 0.0230. The molecule has 5 N–H and O–H groups in total. The number of aliphatic hydroxyl groups excluding tert-OH is 3. The van der Waals surface area contributed by atoms with Gasteiger partial charge in [-0.15, -0.1) is 0 Å². The van der Waals surface area contributed by atoms with Crippen molar-refractivity contribution in [3.05, 3.63) is 41.6 Å². The van der Waals surface area contributed by atoms with Crippen LogP contribution in [0.2, 0.25) is 0 Å². The van der Waals surface area contributed by atoms with Crippen LogP contribution in [-0.2, 0) is 28.7 Å². The molecule has 0 aromatic carbocycles. The number of nitrogens with zero attached hydrogens (tertiary/aromatic N) is 2. The Morgan fingerprint density at radius 2 is 1.26 bits per heavy atom. The van der Waals surface area contributed by atoms with E-state index in [0.717, 1.165) is 0 Å². The van der Waals surface area contributed by atoms with E-state index in [1.807, 2.05) is 0 Å². The molecule has 0 fully saturated rings. The van der Waals surface area contributed by atoms with E-state index in [2.05, 4.69) is 84.7 Å². The second-order valence-electron chi connectivity index (χ2n) is 9.82. The van der Waals surface area contributed by atoms with E-state index in [-0.39, 0.29) is 50.2 Å². The summed E-state index contributed by atoms with van der Waals surface area (Å²) in [5.74, 6) is -0.152. The molecule has 4 atom stereocenters. The van der Waals surface area contributed by atoms with Crippen molar-refractivity contribution in [3.63, 3.8) is 0 Å². The van der Waals surface area contributed by atoms with Gasteiger partial charge in [-0.05, 0) is 88.7 Å². The van der Waals surface area contributed by atoms with Crippen LogP contribution in [0.15, 0.2) is 51.9 Å². The Balaban J connectivity index is 1.17. The highest BCUT2D eigenvalue weighted by Gasteiger charge is 2.51. The van der Waals surface area contributed by atoms with Crippen molar-refractivity contribution in [1.29, 1.82) is 0 Å². The van der Waals surface area contributed by atoms with Gasteiger partial charge < -0.3 is 45.1 Å². The Bertz CT molecular complexity index is 1230. The summed E-state index contributed by atoms with van der Waals surface area (Å²) < 4.78 is 12.3. The number of hydrogen-bond donors (Lipinski definition) is 5. The molecule has 13 nitrogen and oxygen atoms in total. The summed E-state index contributed by atoms with van der Waals surface area (Å²) in [5, 5.41) is 44.9. The lowest BCUT2D eigenvalue weighted by Crippen LogP contribution is -2.45. The van der Waals surface area contributed by atoms with Gasteiger partial charge in [-0.1, -0.05) is 10.3 Å². The summed E-state index contributed by atoms with van der Waals surface area (Å²) in [6.07, 6.45) is 0.609. The Labute approximate surface area is 274 Å².